The highest BCUT2D eigenvalue weighted by atomic mass is 16.6. The lowest BCUT2D eigenvalue weighted by atomic mass is 9.73. The van der Waals surface area contributed by atoms with Gasteiger partial charge in [0.25, 0.3) is 5.91 Å². The number of hydrogen-bond donors (Lipinski definition) is 6. The summed E-state index contributed by atoms with van der Waals surface area (Å²) in [5, 5.41) is 56.0. The van der Waals surface area contributed by atoms with Crippen molar-refractivity contribution in [1.29, 1.82) is 0 Å². The van der Waals surface area contributed by atoms with Crippen molar-refractivity contribution in [2.75, 3.05) is 14.2 Å². The maximum absolute atomic E-state index is 12.9. The van der Waals surface area contributed by atoms with Crippen LogP contribution in [-0.4, -0.2) is 101 Å². The quantitative estimate of drug-likeness (QED) is 0.115. The second-order valence-electron chi connectivity index (χ2n) is 12.5. The van der Waals surface area contributed by atoms with Crippen LogP contribution < -0.4 is 5.32 Å². The van der Waals surface area contributed by atoms with Gasteiger partial charge in [0.15, 0.2) is 12.3 Å². The summed E-state index contributed by atoms with van der Waals surface area (Å²) in [4.78, 5) is 25.6. The normalized spacial score (nSPS) is 26.8. The van der Waals surface area contributed by atoms with E-state index in [1.165, 1.54) is 14.2 Å². The van der Waals surface area contributed by atoms with Crippen molar-refractivity contribution in [2.24, 2.45) is 11.3 Å². The molecular formula is C31H47NO11. The fourth-order valence-corrected chi connectivity index (χ4v) is 5.80. The zero-order valence-electron chi connectivity index (χ0n) is 26.0. The number of phenolic OH excluding ortho intramolecular Hbond substituents is 2. The number of hydrogen-bond acceptors (Lipinski definition) is 11. The first-order valence-electron chi connectivity index (χ1n) is 14.5. The van der Waals surface area contributed by atoms with Gasteiger partial charge in [0, 0.05) is 50.9 Å². The molecule has 1 aromatic carbocycles. The second kappa shape index (κ2) is 13.9. The summed E-state index contributed by atoms with van der Waals surface area (Å²) in [5.41, 5.74) is 0.851. The van der Waals surface area contributed by atoms with E-state index >= 15 is 0 Å². The largest absolute Gasteiger partial charge is 0.508 e. The first kappa shape index (κ1) is 34.7. The lowest BCUT2D eigenvalue weighted by molar-refractivity contribution is -0.217. The van der Waals surface area contributed by atoms with E-state index < -0.39 is 72.2 Å². The van der Waals surface area contributed by atoms with E-state index in [4.69, 9.17) is 18.9 Å². The molecule has 242 valence electrons. The summed E-state index contributed by atoms with van der Waals surface area (Å²) < 4.78 is 22.7. The minimum absolute atomic E-state index is 0.00479. The predicted octanol–water partition coefficient (Wildman–Crippen LogP) is 1.85. The van der Waals surface area contributed by atoms with Crippen LogP contribution in [0.3, 0.4) is 0 Å². The minimum Gasteiger partial charge on any atom is -0.508 e. The lowest BCUT2D eigenvalue weighted by Crippen LogP contribution is -2.59. The number of aliphatic hydroxyl groups excluding tert-OH is 3. The van der Waals surface area contributed by atoms with Crippen LogP contribution in [0.15, 0.2) is 18.2 Å². The first-order valence-corrected chi connectivity index (χ1v) is 14.5. The van der Waals surface area contributed by atoms with E-state index in [1.54, 1.807) is 20.8 Å². The van der Waals surface area contributed by atoms with Crippen molar-refractivity contribution < 1.29 is 54.1 Å². The van der Waals surface area contributed by atoms with Gasteiger partial charge in [-0.2, -0.15) is 0 Å². The fraction of sp³-hybridized carbons (Fsp3) is 0.677. The van der Waals surface area contributed by atoms with Crippen LogP contribution in [0.25, 0.3) is 0 Å². The number of aliphatic hydroxyl groups is 3. The van der Waals surface area contributed by atoms with Crippen LogP contribution in [0.1, 0.15) is 68.4 Å². The van der Waals surface area contributed by atoms with Crippen LogP contribution in [0, 0.1) is 18.3 Å². The summed E-state index contributed by atoms with van der Waals surface area (Å²) in [5.74, 6) is -2.57. The van der Waals surface area contributed by atoms with Gasteiger partial charge in [-0.15, -0.1) is 6.58 Å². The topological polar surface area (TPSA) is 184 Å². The Labute approximate surface area is 252 Å². The van der Waals surface area contributed by atoms with Crippen molar-refractivity contribution in [1.82, 2.24) is 5.32 Å². The molecular weight excluding hydrogens is 562 g/mol. The number of cyclic esters (lactones) is 1. The third-order valence-corrected chi connectivity index (χ3v) is 9.02. The van der Waals surface area contributed by atoms with Crippen LogP contribution in [-0.2, 0) is 30.2 Å². The van der Waals surface area contributed by atoms with Crippen LogP contribution in [0.5, 0.6) is 11.5 Å². The van der Waals surface area contributed by atoms with Crippen molar-refractivity contribution >= 4 is 11.9 Å². The van der Waals surface area contributed by atoms with E-state index in [0.29, 0.717) is 11.1 Å². The molecule has 6 N–H and O–H groups in total. The Morgan fingerprint density at radius 1 is 1.19 bits per heavy atom. The van der Waals surface area contributed by atoms with E-state index in [1.807, 2.05) is 13.8 Å². The summed E-state index contributed by atoms with van der Waals surface area (Å²) >= 11 is 0. The summed E-state index contributed by atoms with van der Waals surface area (Å²) in [6, 6.07) is 1.10. The summed E-state index contributed by atoms with van der Waals surface area (Å²) in [6.07, 6.45) is -6.89. The summed E-state index contributed by atoms with van der Waals surface area (Å²) in [6.45, 7) is 12.6. The monoisotopic (exact) mass is 609 g/mol. The van der Waals surface area contributed by atoms with Crippen molar-refractivity contribution in [3.05, 3.63) is 34.9 Å². The zero-order chi connectivity index (χ0) is 32.4. The zero-order valence-corrected chi connectivity index (χ0v) is 26.0. The van der Waals surface area contributed by atoms with Gasteiger partial charge >= 0.3 is 5.97 Å². The molecule has 9 atom stereocenters. The number of ether oxygens (including phenoxy) is 4. The van der Waals surface area contributed by atoms with E-state index in [0.717, 1.165) is 11.6 Å². The van der Waals surface area contributed by atoms with Gasteiger partial charge < -0.3 is 49.8 Å². The predicted molar refractivity (Wildman–Crippen MR) is 155 cm³/mol. The number of benzene rings is 1. The van der Waals surface area contributed by atoms with Crippen LogP contribution in [0.2, 0.25) is 0 Å². The Balaban J connectivity index is 1.73. The molecule has 3 rings (SSSR count). The molecule has 0 saturated carbocycles. The minimum atomic E-state index is -1.50. The van der Waals surface area contributed by atoms with Gasteiger partial charge in [0.05, 0.1) is 24.4 Å². The van der Waals surface area contributed by atoms with E-state index in [-0.39, 0.29) is 42.7 Å². The highest BCUT2D eigenvalue weighted by Gasteiger charge is 2.48. The highest BCUT2D eigenvalue weighted by molar-refractivity contribution is 5.96. The number of fused-ring (bicyclic) bond motifs is 1. The van der Waals surface area contributed by atoms with Crippen LogP contribution in [0.4, 0.5) is 0 Å². The molecule has 1 fully saturated rings. The number of carbonyl (C=O) groups excluding carboxylic acids is 2. The number of rotatable bonds is 12. The van der Waals surface area contributed by atoms with E-state index in [2.05, 4.69) is 11.9 Å². The first-order chi connectivity index (χ1) is 20.0. The molecule has 0 aromatic heterocycles. The molecule has 43 heavy (non-hydrogen) atoms. The molecule has 0 aliphatic carbocycles. The molecule has 2 heterocycles. The Kier molecular flexibility index (Phi) is 11.2. The van der Waals surface area contributed by atoms with Gasteiger partial charge in [-0.1, -0.05) is 26.3 Å². The van der Waals surface area contributed by atoms with Gasteiger partial charge in [-0.05, 0) is 31.4 Å². The fourth-order valence-electron chi connectivity index (χ4n) is 5.80. The number of methoxy groups -OCH3 is 2. The van der Waals surface area contributed by atoms with Crippen LogP contribution >= 0.6 is 0 Å². The molecule has 1 amide bonds. The van der Waals surface area contributed by atoms with E-state index in [9.17, 15) is 35.1 Å². The lowest BCUT2D eigenvalue weighted by Gasteiger charge is -2.48. The average molecular weight is 610 g/mol. The maximum Gasteiger partial charge on any atom is 0.342 e. The molecule has 1 aromatic rings. The number of phenols is 2. The molecule has 12 nitrogen and oxygen atoms in total. The molecule has 2 aliphatic rings. The molecule has 6 unspecified atom stereocenters. The van der Waals surface area contributed by atoms with Gasteiger partial charge in [0.2, 0.25) is 0 Å². The Morgan fingerprint density at radius 3 is 2.42 bits per heavy atom. The Hall–Kier alpha value is -2.74. The summed E-state index contributed by atoms with van der Waals surface area (Å²) in [7, 11) is 2.76. The molecule has 2 aliphatic heterocycles. The molecule has 0 radical (unpaired) electrons. The standard InChI is InChI=1S/C31H47NO11/c1-14(2)9-22(40-7)27(37)28(38)32-29(41-8)23-13-24(36)31(5,6)25(42-23)12-19(34)16(4)21-10-17-15(3)18(33)11-20(35)26(17)30(39)43-21/h11,16,19,21-25,27,29,33-37H,1,9-10,12-13H2,2-8H3,(H,32,38)/t16?,19?,21?,22?,23?,24-,25+,27?,29-/m0/s1. The van der Waals surface area contributed by atoms with Crippen molar-refractivity contribution in [3.63, 3.8) is 0 Å². The number of aromatic hydroxyl groups is 2. The number of nitrogens with one attached hydrogen (secondary N) is 1. The van der Waals surface area contributed by atoms with Gasteiger partial charge in [-0.3, -0.25) is 4.79 Å². The second-order valence-corrected chi connectivity index (χ2v) is 12.5. The molecule has 12 heteroatoms. The number of amides is 1. The van der Waals surface area contributed by atoms with Gasteiger partial charge in [-0.25, -0.2) is 4.79 Å². The van der Waals surface area contributed by atoms with Gasteiger partial charge in [0.1, 0.15) is 29.3 Å². The highest BCUT2D eigenvalue weighted by Crippen LogP contribution is 2.42. The number of carbonyl (C=O) groups is 2. The number of esters is 1. The molecule has 0 bridgehead atoms. The third-order valence-electron chi connectivity index (χ3n) is 9.02. The molecule has 1 saturated heterocycles. The SMILES string of the molecule is C=C(C)CC(OC)C(O)C(=O)N[C@@H](OC)C1C[C@H](O)C(C)(C)[C@@H](CC(O)C(C)C2Cc3c(C)c(O)cc(O)c3C(=O)O2)O1. The average Bonchev–Trinajstić information content (AvgIpc) is 2.94. The maximum atomic E-state index is 12.9. The Bertz CT molecular complexity index is 1180. The Morgan fingerprint density at radius 2 is 1.84 bits per heavy atom. The third kappa shape index (κ3) is 7.50. The molecule has 0 spiro atoms. The smallest absolute Gasteiger partial charge is 0.342 e. The van der Waals surface area contributed by atoms with Crippen molar-refractivity contribution in [3.8, 4) is 11.5 Å². The van der Waals surface area contributed by atoms with Crippen molar-refractivity contribution in [2.45, 2.75) is 109 Å².